The van der Waals surface area contributed by atoms with E-state index in [1.54, 1.807) is 0 Å². The van der Waals surface area contributed by atoms with Gasteiger partial charge in [0, 0.05) is 6.54 Å². The summed E-state index contributed by atoms with van der Waals surface area (Å²) in [5.41, 5.74) is 0.862. The standard InChI is InChI=1S/C21H24F3NO3S/c22-21(23,24)28-18-11-5-6-12-19(18)29(26,27)25-16-20(13-7-2-8-14-20)15-17-9-3-1-4-10-17/h1,3-6,9-12,25H,2,7-8,13-16H2. The highest BCUT2D eigenvalue weighted by Gasteiger charge is 2.36. The normalized spacial score (nSPS) is 17.1. The fourth-order valence-electron chi connectivity index (χ4n) is 3.95. The number of hydrogen-bond acceptors (Lipinski definition) is 3. The predicted octanol–water partition coefficient (Wildman–Crippen LogP) is 5.06. The Morgan fingerprint density at radius 2 is 1.55 bits per heavy atom. The number of para-hydroxylation sites is 1. The van der Waals surface area contributed by atoms with Crippen LogP contribution in [0.5, 0.6) is 5.75 Å². The third kappa shape index (κ3) is 5.96. The molecule has 0 atom stereocenters. The van der Waals surface area contributed by atoms with E-state index in [2.05, 4.69) is 9.46 Å². The van der Waals surface area contributed by atoms with Crippen molar-refractivity contribution in [3.8, 4) is 5.75 Å². The number of rotatable bonds is 7. The molecule has 0 saturated heterocycles. The minimum Gasteiger partial charge on any atom is -0.404 e. The molecule has 0 spiro atoms. The lowest BCUT2D eigenvalue weighted by molar-refractivity contribution is -0.275. The van der Waals surface area contributed by atoms with Crippen LogP contribution in [0.4, 0.5) is 13.2 Å². The Labute approximate surface area is 169 Å². The summed E-state index contributed by atoms with van der Waals surface area (Å²) in [6.45, 7) is 0.171. The summed E-state index contributed by atoms with van der Waals surface area (Å²) in [6, 6.07) is 14.6. The fourth-order valence-corrected chi connectivity index (χ4v) is 5.24. The van der Waals surface area contributed by atoms with E-state index < -0.39 is 27.0 Å². The van der Waals surface area contributed by atoms with Gasteiger partial charge in [-0.3, -0.25) is 0 Å². The van der Waals surface area contributed by atoms with E-state index in [-0.39, 0.29) is 12.0 Å². The largest absolute Gasteiger partial charge is 0.573 e. The first-order valence-corrected chi connectivity index (χ1v) is 11.1. The van der Waals surface area contributed by atoms with Crippen molar-refractivity contribution < 1.29 is 26.3 Å². The average Bonchev–Trinajstić information content (AvgIpc) is 2.67. The lowest BCUT2D eigenvalue weighted by atomic mass is 9.70. The molecule has 0 bridgehead atoms. The summed E-state index contributed by atoms with van der Waals surface area (Å²) in [4.78, 5) is -0.511. The molecule has 2 aromatic carbocycles. The number of alkyl halides is 3. The highest BCUT2D eigenvalue weighted by atomic mass is 32.2. The molecule has 0 aliphatic heterocycles. The Morgan fingerprint density at radius 3 is 2.21 bits per heavy atom. The summed E-state index contributed by atoms with van der Waals surface area (Å²) in [6.07, 6.45) is 0.590. The maximum atomic E-state index is 12.8. The maximum Gasteiger partial charge on any atom is 0.573 e. The van der Waals surface area contributed by atoms with Crippen LogP contribution in [0.2, 0.25) is 0 Å². The number of ether oxygens (including phenoxy) is 1. The van der Waals surface area contributed by atoms with Crippen LogP contribution in [-0.4, -0.2) is 21.3 Å². The van der Waals surface area contributed by atoms with Gasteiger partial charge in [0.05, 0.1) is 0 Å². The fraction of sp³-hybridized carbons (Fsp3) is 0.429. The lowest BCUT2D eigenvalue weighted by Gasteiger charge is -2.37. The van der Waals surface area contributed by atoms with E-state index >= 15 is 0 Å². The maximum absolute atomic E-state index is 12.8. The molecule has 1 aliphatic rings. The SMILES string of the molecule is O=S(=O)(NCC1(Cc2ccccc2)CCCCC1)c1ccccc1OC(F)(F)F. The monoisotopic (exact) mass is 427 g/mol. The minimum absolute atomic E-state index is 0.171. The summed E-state index contributed by atoms with van der Waals surface area (Å²) < 4.78 is 70.1. The molecule has 29 heavy (non-hydrogen) atoms. The smallest absolute Gasteiger partial charge is 0.404 e. The summed E-state index contributed by atoms with van der Waals surface area (Å²) >= 11 is 0. The Kier molecular flexibility index (Phi) is 6.53. The van der Waals surface area contributed by atoms with Crippen molar-refractivity contribution in [1.82, 2.24) is 4.72 Å². The van der Waals surface area contributed by atoms with Crippen LogP contribution in [0, 0.1) is 5.41 Å². The van der Waals surface area contributed by atoms with Crippen molar-refractivity contribution in [3.05, 3.63) is 60.2 Å². The van der Waals surface area contributed by atoms with Gasteiger partial charge in [-0.15, -0.1) is 13.2 Å². The topological polar surface area (TPSA) is 55.4 Å². The molecular weight excluding hydrogens is 403 g/mol. The molecule has 158 valence electrons. The van der Waals surface area contributed by atoms with E-state index in [1.165, 1.54) is 12.1 Å². The first kappa shape index (κ1) is 21.6. The van der Waals surface area contributed by atoms with Crippen molar-refractivity contribution in [2.45, 2.75) is 49.8 Å². The van der Waals surface area contributed by atoms with E-state index in [9.17, 15) is 21.6 Å². The predicted molar refractivity (Wildman–Crippen MR) is 104 cm³/mol. The quantitative estimate of drug-likeness (QED) is 0.672. The highest BCUT2D eigenvalue weighted by Crippen LogP contribution is 2.39. The molecule has 1 aliphatic carbocycles. The highest BCUT2D eigenvalue weighted by molar-refractivity contribution is 7.89. The zero-order valence-electron chi connectivity index (χ0n) is 15.9. The van der Waals surface area contributed by atoms with Crippen molar-refractivity contribution in [2.75, 3.05) is 6.54 Å². The van der Waals surface area contributed by atoms with Crippen molar-refractivity contribution in [2.24, 2.45) is 5.41 Å². The number of sulfonamides is 1. The molecule has 1 fully saturated rings. The van der Waals surface area contributed by atoms with Gasteiger partial charge in [-0.05, 0) is 42.4 Å². The number of nitrogens with one attached hydrogen (secondary N) is 1. The molecule has 2 aromatic rings. The Morgan fingerprint density at radius 1 is 0.931 bits per heavy atom. The zero-order valence-corrected chi connectivity index (χ0v) is 16.7. The second kappa shape index (κ2) is 8.75. The summed E-state index contributed by atoms with van der Waals surface area (Å²) in [7, 11) is -4.17. The van der Waals surface area contributed by atoms with Crippen molar-refractivity contribution in [3.63, 3.8) is 0 Å². The Balaban J connectivity index is 1.80. The molecule has 0 amide bonds. The second-order valence-electron chi connectivity index (χ2n) is 7.54. The molecule has 1 N–H and O–H groups in total. The van der Waals surface area contributed by atoms with Gasteiger partial charge in [0.1, 0.15) is 10.6 Å². The van der Waals surface area contributed by atoms with E-state index in [0.29, 0.717) is 0 Å². The van der Waals surface area contributed by atoms with Crippen LogP contribution in [0.15, 0.2) is 59.5 Å². The molecule has 8 heteroatoms. The lowest BCUT2D eigenvalue weighted by Crippen LogP contribution is -2.40. The van der Waals surface area contributed by atoms with Gasteiger partial charge in [0.25, 0.3) is 0 Å². The van der Waals surface area contributed by atoms with Crippen molar-refractivity contribution in [1.29, 1.82) is 0 Å². The number of hydrogen-bond donors (Lipinski definition) is 1. The Bertz CT molecular complexity index is 908. The summed E-state index contributed by atoms with van der Waals surface area (Å²) in [5.74, 6) is -0.728. The molecular formula is C21H24F3NO3S. The number of benzene rings is 2. The van der Waals surface area contributed by atoms with Gasteiger partial charge in [-0.1, -0.05) is 61.7 Å². The molecule has 0 aromatic heterocycles. The molecule has 1 saturated carbocycles. The zero-order chi connectivity index (χ0) is 21.0. The van der Waals surface area contributed by atoms with Gasteiger partial charge in [0.15, 0.2) is 0 Å². The second-order valence-corrected chi connectivity index (χ2v) is 9.28. The molecule has 3 rings (SSSR count). The van der Waals surface area contributed by atoms with Gasteiger partial charge >= 0.3 is 6.36 Å². The molecule has 0 unspecified atom stereocenters. The van der Waals surface area contributed by atoms with E-state index in [0.717, 1.165) is 56.2 Å². The van der Waals surface area contributed by atoms with Gasteiger partial charge in [0.2, 0.25) is 10.0 Å². The Hall–Kier alpha value is -2.06. The third-order valence-corrected chi connectivity index (χ3v) is 6.78. The molecule has 0 radical (unpaired) electrons. The van der Waals surface area contributed by atoms with Crippen LogP contribution in [-0.2, 0) is 16.4 Å². The minimum atomic E-state index is -4.97. The van der Waals surface area contributed by atoms with E-state index in [1.807, 2.05) is 30.3 Å². The first-order chi connectivity index (χ1) is 13.7. The van der Waals surface area contributed by atoms with Crippen LogP contribution >= 0.6 is 0 Å². The summed E-state index contributed by atoms with van der Waals surface area (Å²) in [5, 5.41) is 0. The third-order valence-electron chi connectivity index (χ3n) is 5.34. The van der Waals surface area contributed by atoms with Crippen LogP contribution < -0.4 is 9.46 Å². The van der Waals surface area contributed by atoms with Gasteiger partial charge in [-0.25, -0.2) is 13.1 Å². The first-order valence-electron chi connectivity index (χ1n) is 9.58. The number of halogens is 3. The molecule has 4 nitrogen and oxygen atoms in total. The van der Waals surface area contributed by atoms with E-state index in [4.69, 9.17) is 0 Å². The average molecular weight is 427 g/mol. The van der Waals surface area contributed by atoms with Gasteiger partial charge in [-0.2, -0.15) is 0 Å². The van der Waals surface area contributed by atoms with Crippen molar-refractivity contribution >= 4 is 10.0 Å². The van der Waals surface area contributed by atoms with Gasteiger partial charge < -0.3 is 4.74 Å². The van der Waals surface area contributed by atoms with Crippen LogP contribution in [0.1, 0.15) is 37.7 Å². The van der Waals surface area contributed by atoms with Crippen LogP contribution in [0.3, 0.4) is 0 Å². The van der Waals surface area contributed by atoms with Crippen LogP contribution in [0.25, 0.3) is 0 Å². The molecule has 0 heterocycles.